The molecule has 1 unspecified atom stereocenters. The van der Waals surface area contributed by atoms with E-state index < -0.39 is 0 Å². The minimum absolute atomic E-state index is 0.0634. The zero-order valence-corrected chi connectivity index (χ0v) is 11.8. The number of aromatic nitrogens is 3. The lowest BCUT2D eigenvalue weighted by Crippen LogP contribution is -2.37. The predicted molar refractivity (Wildman–Crippen MR) is 80.2 cm³/mol. The first-order valence-corrected chi connectivity index (χ1v) is 7.21. The van der Waals surface area contributed by atoms with Crippen LogP contribution in [0.15, 0.2) is 48.8 Å². The van der Waals surface area contributed by atoms with Crippen LogP contribution >= 0.6 is 0 Å². The molecule has 1 saturated heterocycles. The van der Waals surface area contributed by atoms with Gasteiger partial charge in [0, 0.05) is 12.6 Å². The first-order valence-electron chi connectivity index (χ1n) is 7.21. The van der Waals surface area contributed by atoms with Gasteiger partial charge in [0.05, 0.1) is 25.0 Å². The number of carbonyl (C=O) groups excluding carboxylic acids is 1. The zero-order chi connectivity index (χ0) is 14.5. The van der Waals surface area contributed by atoms with E-state index in [0.29, 0.717) is 6.54 Å². The van der Waals surface area contributed by atoms with Crippen LogP contribution in [-0.2, 0) is 11.3 Å². The van der Waals surface area contributed by atoms with Gasteiger partial charge in [-0.2, -0.15) is 15.0 Å². The molecule has 1 aliphatic rings. The first-order chi connectivity index (χ1) is 10.3. The van der Waals surface area contributed by atoms with Gasteiger partial charge in [0.1, 0.15) is 0 Å². The van der Waals surface area contributed by atoms with Gasteiger partial charge in [-0.15, -0.1) is 0 Å². The van der Waals surface area contributed by atoms with E-state index in [4.69, 9.17) is 0 Å². The third-order valence-electron chi connectivity index (χ3n) is 3.72. The van der Waals surface area contributed by atoms with E-state index in [1.165, 1.54) is 0 Å². The molecule has 21 heavy (non-hydrogen) atoms. The molecule has 1 amide bonds. The Hall–Kier alpha value is -2.43. The predicted octanol–water partition coefficient (Wildman–Crippen LogP) is 1.98. The first kappa shape index (κ1) is 13.5. The van der Waals surface area contributed by atoms with Crippen molar-refractivity contribution < 1.29 is 4.79 Å². The summed E-state index contributed by atoms with van der Waals surface area (Å²) in [5, 5.41) is 8.23. The van der Waals surface area contributed by atoms with Crippen LogP contribution in [0.4, 0.5) is 0 Å². The van der Waals surface area contributed by atoms with Gasteiger partial charge in [-0.25, -0.2) is 0 Å². The number of amides is 1. The van der Waals surface area contributed by atoms with Crippen LogP contribution in [0.3, 0.4) is 0 Å². The molecule has 5 nitrogen and oxygen atoms in total. The van der Waals surface area contributed by atoms with Crippen molar-refractivity contribution in [3.63, 3.8) is 0 Å². The molecule has 0 aliphatic carbocycles. The second kappa shape index (κ2) is 6.35. The van der Waals surface area contributed by atoms with Crippen LogP contribution in [0.25, 0.3) is 6.08 Å². The third-order valence-corrected chi connectivity index (χ3v) is 3.72. The zero-order valence-electron chi connectivity index (χ0n) is 11.8. The van der Waals surface area contributed by atoms with Crippen LogP contribution in [0.1, 0.15) is 18.4 Å². The van der Waals surface area contributed by atoms with E-state index >= 15 is 0 Å². The van der Waals surface area contributed by atoms with Crippen molar-refractivity contribution in [2.24, 2.45) is 0 Å². The number of hydrogen-bond donors (Lipinski definition) is 0. The summed E-state index contributed by atoms with van der Waals surface area (Å²) in [5.74, 6) is 0.0634. The number of carbonyl (C=O) groups is 1. The summed E-state index contributed by atoms with van der Waals surface area (Å²) in [5.41, 5.74) is 1.04. The molecular formula is C16H18N4O. The Morgan fingerprint density at radius 3 is 2.76 bits per heavy atom. The Kier molecular flexibility index (Phi) is 4.09. The molecule has 1 aromatic heterocycles. The molecule has 2 aromatic rings. The van der Waals surface area contributed by atoms with Crippen molar-refractivity contribution in [1.29, 1.82) is 0 Å². The summed E-state index contributed by atoms with van der Waals surface area (Å²) < 4.78 is 0. The fraction of sp³-hybridized carbons (Fsp3) is 0.312. The van der Waals surface area contributed by atoms with Crippen molar-refractivity contribution in [2.45, 2.75) is 25.4 Å². The maximum absolute atomic E-state index is 12.3. The molecule has 0 bridgehead atoms. The molecule has 1 atom stereocenters. The SMILES string of the molecule is O=C(/C=C/c1ccccc1)N1CCCC1Cn1nccn1. The smallest absolute Gasteiger partial charge is 0.246 e. The molecular weight excluding hydrogens is 264 g/mol. The van der Waals surface area contributed by atoms with Crippen LogP contribution in [-0.4, -0.2) is 38.4 Å². The van der Waals surface area contributed by atoms with E-state index in [0.717, 1.165) is 24.9 Å². The van der Waals surface area contributed by atoms with Crippen LogP contribution in [0.5, 0.6) is 0 Å². The second-order valence-corrected chi connectivity index (χ2v) is 5.16. The Balaban J connectivity index is 1.64. The topological polar surface area (TPSA) is 51.0 Å². The lowest BCUT2D eigenvalue weighted by atomic mass is 10.2. The van der Waals surface area contributed by atoms with Gasteiger partial charge in [0.15, 0.2) is 0 Å². The maximum atomic E-state index is 12.3. The Labute approximate surface area is 123 Å². The summed E-state index contributed by atoms with van der Waals surface area (Å²) in [4.78, 5) is 15.9. The molecule has 0 saturated carbocycles. The van der Waals surface area contributed by atoms with Gasteiger partial charge in [0.2, 0.25) is 5.91 Å². The summed E-state index contributed by atoms with van der Waals surface area (Å²) in [6, 6.07) is 10.0. The summed E-state index contributed by atoms with van der Waals surface area (Å²) >= 11 is 0. The van der Waals surface area contributed by atoms with Gasteiger partial charge in [-0.3, -0.25) is 4.79 Å². The molecule has 0 N–H and O–H groups in total. The van der Waals surface area contributed by atoms with Crippen LogP contribution in [0.2, 0.25) is 0 Å². The van der Waals surface area contributed by atoms with Crippen molar-refractivity contribution in [3.8, 4) is 0 Å². The lowest BCUT2D eigenvalue weighted by Gasteiger charge is -2.22. The Bertz CT molecular complexity index is 606. The van der Waals surface area contributed by atoms with E-state index in [9.17, 15) is 4.79 Å². The molecule has 108 valence electrons. The van der Waals surface area contributed by atoms with Crippen LogP contribution < -0.4 is 0 Å². The monoisotopic (exact) mass is 282 g/mol. The molecule has 1 fully saturated rings. The fourth-order valence-corrected chi connectivity index (χ4v) is 2.67. The maximum Gasteiger partial charge on any atom is 0.246 e. The van der Waals surface area contributed by atoms with E-state index in [1.807, 2.05) is 41.3 Å². The standard InChI is InChI=1S/C16H18N4O/c21-16(9-8-14-5-2-1-3-6-14)19-12-4-7-15(19)13-20-17-10-11-18-20/h1-3,5-6,8-11,15H,4,7,12-13H2/b9-8+. The number of likely N-dealkylation sites (tertiary alicyclic amines) is 1. The van der Waals surface area contributed by atoms with Crippen LogP contribution in [0, 0.1) is 0 Å². The lowest BCUT2D eigenvalue weighted by molar-refractivity contribution is -0.127. The van der Waals surface area contributed by atoms with Crippen molar-refractivity contribution in [2.75, 3.05) is 6.54 Å². The molecule has 3 rings (SSSR count). The van der Waals surface area contributed by atoms with Gasteiger partial charge in [-0.1, -0.05) is 30.3 Å². The highest BCUT2D eigenvalue weighted by molar-refractivity contribution is 5.92. The highest BCUT2D eigenvalue weighted by Crippen LogP contribution is 2.19. The Morgan fingerprint density at radius 1 is 1.24 bits per heavy atom. The largest absolute Gasteiger partial charge is 0.334 e. The quantitative estimate of drug-likeness (QED) is 0.806. The number of hydrogen-bond acceptors (Lipinski definition) is 3. The van der Waals surface area contributed by atoms with E-state index in [1.54, 1.807) is 23.3 Å². The minimum atomic E-state index is 0.0634. The molecule has 1 aromatic carbocycles. The number of rotatable bonds is 4. The van der Waals surface area contributed by atoms with E-state index in [-0.39, 0.29) is 11.9 Å². The summed E-state index contributed by atoms with van der Waals surface area (Å²) in [6.07, 6.45) is 8.89. The molecule has 0 spiro atoms. The van der Waals surface area contributed by atoms with Gasteiger partial charge in [-0.05, 0) is 24.5 Å². The molecule has 0 radical (unpaired) electrons. The second-order valence-electron chi connectivity index (χ2n) is 5.16. The highest BCUT2D eigenvalue weighted by Gasteiger charge is 2.28. The average Bonchev–Trinajstić information content (AvgIpc) is 3.18. The van der Waals surface area contributed by atoms with Gasteiger partial charge in [0.25, 0.3) is 0 Å². The molecule has 1 aliphatic heterocycles. The van der Waals surface area contributed by atoms with Gasteiger partial charge >= 0.3 is 0 Å². The fourth-order valence-electron chi connectivity index (χ4n) is 2.67. The summed E-state index contributed by atoms with van der Waals surface area (Å²) in [6.45, 7) is 1.47. The van der Waals surface area contributed by atoms with Gasteiger partial charge < -0.3 is 4.90 Å². The number of benzene rings is 1. The normalized spacial score (nSPS) is 18.5. The number of nitrogens with zero attached hydrogens (tertiary/aromatic N) is 4. The summed E-state index contributed by atoms with van der Waals surface area (Å²) in [7, 11) is 0. The minimum Gasteiger partial charge on any atom is -0.334 e. The third kappa shape index (κ3) is 3.37. The average molecular weight is 282 g/mol. The molecule has 5 heteroatoms. The van der Waals surface area contributed by atoms with Crippen molar-refractivity contribution in [3.05, 3.63) is 54.4 Å². The van der Waals surface area contributed by atoms with Crippen molar-refractivity contribution in [1.82, 2.24) is 19.9 Å². The highest BCUT2D eigenvalue weighted by atomic mass is 16.2. The Morgan fingerprint density at radius 2 is 2.00 bits per heavy atom. The molecule has 2 heterocycles. The van der Waals surface area contributed by atoms with Crippen molar-refractivity contribution >= 4 is 12.0 Å². The van der Waals surface area contributed by atoms with E-state index in [2.05, 4.69) is 10.2 Å².